The molecule has 0 spiro atoms. The van der Waals surface area contributed by atoms with Crippen molar-refractivity contribution in [1.29, 1.82) is 0 Å². The van der Waals surface area contributed by atoms with Crippen LogP contribution in [0.25, 0.3) is 0 Å². The number of aromatic nitrogens is 3. The number of aromatic amines is 1. The minimum Gasteiger partial charge on any atom is -0.352 e. The Morgan fingerprint density at radius 1 is 1.19 bits per heavy atom. The van der Waals surface area contributed by atoms with E-state index in [9.17, 15) is 4.79 Å². The molecule has 0 aliphatic heterocycles. The molecular weight excluding hydrogens is 344 g/mol. The Bertz CT molecular complexity index is 722. The number of thioether (sulfide) groups is 1. The first-order valence-electron chi connectivity index (χ1n) is 9.71. The number of amides is 1. The van der Waals surface area contributed by atoms with Crippen molar-refractivity contribution < 1.29 is 4.79 Å². The van der Waals surface area contributed by atoms with Gasteiger partial charge in [-0.3, -0.25) is 9.89 Å². The van der Waals surface area contributed by atoms with Crippen molar-refractivity contribution in [3.8, 4) is 0 Å². The Morgan fingerprint density at radius 2 is 1.96 bits per heavy atom. The van der Waals surface area contributed by atoms with Gasteiger partial charge in [-0.05, 0) is 30.7 Å². The maximum atomic E-state index is 12.7. The van der Waals surface area contributed by atoms with Gasteiger partial charge in [0.25, 0.3) is 0 Å². The summed E-state index contributed by atoms with van der Waals surface area (Å²) in [5.74, 6) is 1.84. The van der Waals surface area contributed by atoms with Gasteiger partial charge in [0.15, 0.2) is 0 Å². The molecule has 138 valence electrons. The summed E-state index contributed by atoms with van der Waals surface area (Å²) in [6.07, 6.45) is 9.76. The van der Waals surface area contributed by atoms with Gasteiger partial charge < -0.3 is 5.32 Å². The zero-order valence-electron chi connectivity index (χ0n) is 15.0. The molecule has 2 aromatic rings. The molecule has 2 aliphatic carbocycles. The monoisotopic (exact) mass is 370 g/mol. The number of benzene rings is 1. The van der Waals surface area contributed by atoms with Crippen LogP contribution in [-0.4, -0.2) is 27.1 Å². The van der Waals surface area contributed by atoms with Crippen molar-refractivity contribution in [2.75, 3.05) is 0 Å². The summed E-state index contributed by atoms with van der Waals surface area (Å²) < 4.78 is 0. The number of rotatable bonds is 8. The third-order valence-electron chi connectivity index (χ3n) is 5.26. The number of carbonyl (C=O) groups excluding carboxylic acids is 1. The summed E-state index contributed by atoms with van der Waals surface area (Å²) in [4.78, 5) is 17.3. The van der Waals surface area contributed by atoms with Gasteiger partial charge in [0.1, 0.15) is 11.1 Å². The molecule has 2 N–H and O–H groups in total. The minimum atomic E-state index is -0.310. The van der Waals surface area contributed by atoms with Crippen molar-refractivity contribution >= 4 is 17.7 Å². The molecule has 2 aliphatic rings. The highest BCUT2D eigenvalue weighted by molar-refractivity contribution is 8.00. The van der Waals surface area contributed by atoms with E-state index in [0.29, 0.717) is 11.2 Å². The third kappa shape index (κ3) is 4.67. The molecule has 2 saturated carbocycles. The molecule has 1 unspecified atom stereocenters. The topological polar surface area (TPSA) is 70.7 Å². The molecule has 1 amide bonds. The molecule has 2 fully saturated rings. The minimum absolute atomic E-state index is 0.0565. The van der Waals surface area contributed by atoms with Gasteiger partial charge in [-0.2, -0.15) is 0 Å². The van der Waals surface area contributed by atoms with Crippen LogP contribution < -0.4 is 5.32 Å². The lowest BCUT2D eigenvalue weighted by molar-refractivity contribution is -0.120. The Balaban J connectivity index is 1.40. The Hall–Kier alpha value is -1.82. The predicted octanol–water partition coefficient (Wildman–Crippen LogP) is 4.04. The van der Waals surface area contributed by atoms with E-state index in [1.54, 1.807) is 0 Å². The molecule has 0 bridgehead atoms. The smallest absolute Gasteiger partial charge is 0.238 e. The molecule has 5 nitrogen and oxygen atoms in total. The number of nitrogens with one attached hydrogen (secondary N) is 2. The van der Waals surface area contributed by atoms with Crippen LogP contribution in [0.1, 0.15) is 61.6 Å². The van der Waals surface area contributed by atoms with Gasteiger partial charge >= 0.3 is 0 Å². The van der Waals surface area contributed by atoms with E-state index in [4.69, 9.17) is 0 Å². The van der Waals surface area contributed by atoms with Crippen molar-refractivity contribution in [2.24, 2.45) is 5.92 Å². The average Bonchev–Trinajstić information content (AvgIpc) is 3.14. The molecule has 1 aromatic heterocycles. The van der Waals surface area contributed by atoms with Crippen LogP contribution in [0, 0.1) is 5.92 Å². The third-order valence-corrected chi connectivity index (χ3v) is 6.38. The Labute approximate surface area is 158 Å². The number of hydrogen-bond donors (Lipinski definition) is 2. The maximum absolute atomic E-state index is 12.7. The fraction of sp³-hybridized carbons (Fsp3) is 0.550. The van der Waals surface area contributed by atoms with E-state index in [-0.39, 0.29) is 11.2 Å². The maximum Gasteiger partial charge on any atom is 0.238 e. The highest BCUT2D eigenvalue weighted by Crippen LogP contribution is 2.35. The molecular formula is C20H26N4OS. The van der Waals surface area contributed by atoms with Crippen molar-refractivity contribution in [1.82, 2.24) is 20.5 Å². The zero-order valence-corrected chi connectivity index (χ0v) is 15.8. The standard InChI is InChI=1S/C20H26N4OS/c25-19(21-16-11-12-16)18(15-8-2-1-3-9-15)26-20-22-17(23-24-20)13-10-14-6-4-5-7-14/h1-3,8-9,14,16,18H,4-7,10-13H2,(H,21,25)(H,22,23,24). The highest BCUT2D eigenvalue weighted by Gasteiger charge is 2.30. The van der Waals surface area contributed by atoms with Crippen LogP contribution >= 0.6 is 11.8 Å². The summed E-state index contributed by atoms with van der Waals surface area (Å²) in [5, 5.41) is 10.9. The quantitative estimate of drug-likeness (QED) is 0.688. The van der Waals surface area contributed by atoms with Gasteiger partial charge in [0.05, 0.1) is 0 Å². The lowest BCUT2D eigenvalue weighted by atomic mass is 10.0. The first-order valence-corrected chi connectivity index (χ1v) is 10.6. The molecule has 1 aromatic carbocycles. The molecule has 1 atom stereocenters. The van der Waals surface area contributed by atoms with Gasteiger partial charge in [0, 0.05) is 12.5 Å². The summed E-state index contributed by atoms with van der Waals surface area (Å²) in [6.45, 7) is 0. The van der Waals surface area contributed by atoms with Crippen molar-refractivity contribution in [3.63, 3.8) is 0 Å². The van der Waals surface area contributed by atoms with Crippen LogP contribution in [-0.2, 0) is 11.2 Å². The fourth-order valence-electron chi connectivity index (χ4n) is 3.59. The SMILES string of the molecule is O=C(NC1CC1)C(Sc1n[nH]c(CCC2CCCC2)n1)c1ccccc1. The van der Waals surface area contributed by atoms with E-state index in [0.717, 1.165) is 36.6 Å². The zero-order chi connectivity index (χ0) is 17.8. The summed E-state index contributed by atoms with van der Waals surface area (Å²) in [6, 6.07) is 10.3. The molecule has 0 radical (unpaired) electrons. The number of hydrogen-bond acceptors (Lipinski definition) is 4. The van der Waals surface area contributed by atoms with Crippen LogP contribution in [0.3, 0.4) is 0 Å². The summed E-state index contributed by atoms with van der Waals surface area (Å²) >= 11 is 1.43. The lowest BCUT2D eigenvalue weighted by Gasteiger charge is -2.15. The van der Waals surface area contributed by atoms with Crippen LogP contribution in [0.2, 0.25) is 0 Å². The normalized spacial score (nSPS) is 18.8. The van der Waals surface area contributed by atoms with Gasteiger partial charge in [-0.25, -0.2) is 4.98 Å². The number of nitrogens with zero attached hydrogens (tertiary/aromatic N) is 2. The summed E-state index contributed by atoms with van der Waals surface area (Å²) in [7, 11) is 0. The second-order valence-electron chi connectivity index (χ2n) is 7.45. The van der Waals surface area contributed by atoms with Gasteiger partial charge in [0.2, 0.25) is 11.1 Å². The molecule has 1 heterocycles. The first-order chi connectivity index (χ1) is 12.8. The molecule has 0 saturated heterocycles. The molecule has 4 rings (SSSR count). The van der Waals surface area contributed by atoms with Crippen molar-refractivity contribution in [2.45, 2.75) is 67.8 Å². The second-order valence-corrected chi connectivity index (χ2v) is 8.52. The second kappa shape index (κ2) is 8.25. The number of H-pyrrole nitrogens is 1. The van der Waals surface area contributed by atoms with Gasteiger partial charge in [-0.1, -0.05) is 67.8 Å². The lowest BCUT2D eigenvalue weighted by Crippen LogP contribution is -2.29. The average molecular weight is 371 g/mol. The van der Waals surface area contributed by atoms with Crippen LogP contribution in [0.4, 0.5) is 0 Å². The van der Waals surface area contributed by atoms with E-state index < -0.39 is 0 Å². The van der Waals surface area contributed by atoms with E-state index in [1.807, 2.05) is 30.3 Å². The Kier molecular flexibility index (Phi) is 5.58. The highest BCUT2D eigenvalue weighted by atomic mass is 32.2. The van der Waals surface area contributed by atoms with Crippen molar-refractivity contribution in [3.05, 3.63) is 41.7 Å². The fourth-order valence-corrected chi connectivity index (χ4v) is 4.53. The largest absolute Gasteiger partial charge is 0.352 e. The Morgan fingerprint density at radius 3 is 2.69 bits per heavy atom. The molecule has 6 heteroatoms. The van der Waals surface area contributed by atoms with Crippen LogP contribution in [0.15, 0.2) is 35.5 Å². The van der Waals surface area contributed by atoms with Gasteiger partial charge in [-0.15, -0.1) is 5.10 Å². The predicted molar refractivity (Wildman–Crippen MR) is 103 cm³/mol. The first kappa shape index (κ1) is 17.6. The van der Waals surface area contributed by atoms with E-state index >= 15 is 0 Å². The molecule has 26 heavy (non-hydrogen) atoms. The number of aryl methyl sites for hydroxylation is 1. The number of carbonyl (C=O) groups is 1. The summed E-state index contributed by atoms with van der Waals surface area (Å²) in [5.41, 5.74) is 0.993. The van der Waals surface area contributed by atoms with E-state index in [2.05, 4.69) is 20.5 Å². The van der Waals surface area contributed by atoms with Crippen LogP contribution in [0.5, 0.6) is 0 Å². The van der Waals surface area contributed by atoms with E-state index in [1.165, 1.54) is 43.9 Å².